The molecule has 2 aliphatic heterocycles. The summed E-state index contributed by atoms with van der Waals surface area (Å²) < 4.78 is 6.20. The molecule has 0 saturated carbocycles. The molecule has 2 atom stereocenters. The normalized spacial score (nSPS) is 23.7. The molecule has 2 heterocycles. The molecule has 0 radical (unpaired) electrons. The zero-order valence-corrected chi connectivity index (χ0v) is 14.8. The van der Waals surface area contributed by atoms with Gasteiger partial charge in [-0.15, -0.1) is 0 Å². The molecular formula is C19H19N3O4. The number of benzene rings is 2. The fourth-order valence-corrected chi connectivity index (χ4v) is 3.82. The maximum Gasteiger partial charge on any atom is 0.325 e. The third kappa shape index (κ3) is 2.31. The SMILES string of the molecule is Cc1cccc(N2C(=O)NC3CC2(C)Oc2ccc([N+](=O)[O-])cc23)c1C. The minimum Gasteiger partial charge on any atom is -0.467 e. The van der Waals surface area contributed by atoms with E-state index in [4.69, 9.17) is 4.74 Å². The Balaban J connectivity index is 1.81. The van der Waals surface area contributed by atoms with E-state index >= 15 is 0 Å². The van der Waals surface area contributed by atoms with Gasteiger partial charge in [-0.25, -0.2) is 4.79 Å². The minimum absolute atomic E-state index is 0.0119. The predicted molar refractivity (Wildman–Crippen MR) is 96.4 cm³/mol. The number of ether oxygens (including phenoxy) is 1. The van der Waals surface area contributed by atoms with Crippen LogP contribution in [0.2, 0.25) is 0 Å². The molecule has 2 bridgehead atoms. The lowest BCUT2D eigenvalue weighted by molar-refractivity contribution is -0.385. The van der Waals surface area contributed by atoms with E-state index < -0.39 is 10.6 Å². The lowest BCUT2D eigenvalue weighted by atomic mass is 9.89. The van der Waals surface area contributed by atoms with Crippen LogP contribution in [0, 0.1) is 24.0 Å². The number of hydrogen-bond donors (Lipinski definition) is 1. The second-order valence-electron chi connectivity index (χ2n) is 7.02. The van der Waals surface area contributed by atoms with Gasteiger partial charge in [-0.05, 0) is 44.0 Å². The standard InChI is InChI=1S/C19H19N3O4/c1-11-5-4-6-16(12(11)2)21-18(23)20-15-10-19(21,3)26-17-8-7-13(22(24)25)9-14(15)17/h4-9,15H,10H2,1-3H3,(H,20,23). The van der Waals surface area contributed by atoms with Crippen LogP contribution in [0.25, 0.3) is 0 Å². The second-order valence-corrected chi connectivity index (χ2v) is 7.02. The highest BCUT2D eigenvalue weighted by Crippen LogP contribution is 2.47. The van der Waals surface area contributed by atoms with Crippen molar-refractivity contribution < 1.29 is 14.5 Å². The van der Waals surface area contributed by atoms with Crippen LogP contribution < -0.4 is 15.0 Å². The molecule has 7 nitrogen and oxygen atoms in total. The fourth-order valence-electron chi connectivity index (χ4n) is 3.82. The van der Waals surface area contributed by atoms with Crippen molar-refractivity contribution in [3.63, 3.8) is 0 Å². The van der Waals surface area contributed by atoms with Crippen LogP contribution in [0.15, 0.2) is 36.4 Å². The average molecular weight is 353 g/mol. The van der Waals surface area contributed by atoms with Crippen molar-refractivity contribution in [2.45, 2.75) is 39.0 Å². The maximum absolute atomic E-state index is 12.9. The number of carbonyl (C=O) groups excluding carboxylic acids is 1. The number of non-ortho nitro benzene ring substituents is 1. The fraction of sp³-hybridized carbons (Fsp3) is 0.316. The summed E-state index contributed by atoms with van der Waals surface area (Å²) in [5, 5.41) is 14.0. The van der Waals surface area contributed by atoms with Gasteiger partial charge in [-0.2, -0.15) is 0 Å². The molecule has 26 heavy (non-hydrogen) atoms. The summed E-state index contributed by atoms with van der Waals surface area (Å²) in [4.78, 5) is 25.2. The molecule has 2 unspecified atom stereocenters. The number of nitro benzene ring substituents is 1. The van der Waals surface area contributed by atoms with Crippen LogP contribution >= 0.6 is 0 Å². The first kappa shape index (κ1) is 16.4. The first-order valence-corrected chi connectivity index (χ1v) is 8.44. The number of rotatable bonds is 2. The van der Waals surface area contributed by atoms with E-state index in [0.717, 1.165) is 16.8 Å². The molecule has 2 amide bonds. The number of fused-ring (bicyclic) bond motifs is 4. The highest BCUT2D eigenvalue weighted by molar-refractivity contribution is 5.95. The number of urea groups is 1. The number of hydrogen-bond acceptors (Lipinski definition) is 4. The van der Waals surface area contributed by atoms with Crippen molar-refractivity contribution in [3.8, 4) is 5.75 Å². The van der Waals surface area contributed by atoms with Gasteiger partial charge in [0.2, 0.25) is 0 Å². The molecule has 2 aromatic rings. The van der Waals surface area contributed by atoms with E-state index in [1.807, 2.05) is 39.0 Å². The molecule has 4 rings (SSSR count). The summed E-state index contributed by atoms with van der Waals surface area (Å²) in [5.74, 6) is 0.560. The van der Waals surface area contributed by atoms with Crippen molar-refractivity contribution >= 4 is 17.4 Å². The summed E-state index contributed by atoms with van der Waals surface area (Å²) in [5.41, 5.74) is 2.67. The summed E-state index contributed by atoms with van der Waals surface area (Å²) >= 11 is 0. The first-order valence-electron chi connectivity index (χ1n) is 8.44. The Labute approximate surface area is 150 Å². The van der Waals surface area contributed by atoms with Crippen LogP contribution in [0.5, 0.6) is 5.75 Å². The van der Waals surface area contributed by atoms with E-state index in [9.17, 15) is 14.9 Å². The zero-order chi connectivity index (χ0) is 18.6. The van der Waals surface area contributed by atoms with E-state index in [-0.39, 0.29) is 17.8 Å². The van der Waals surface area contributed by atoms with Crippen molar-refractivity contribution in [3.05, 3.63) is 63.2 Å². The van der Waals surface area contributed by atoms with Gasteiger partial charge in [0, 0.05) is 24.1 Å². The zero-order valence-electron chi connectivity index (χ0n) is 14.8. The Morgan fingerprint density at radius 2 is 2.08 bits per heavy atom. The minimum atomic E-state index is -0.866. The first-order chi connectivity index (χ1) is 12.3. The molecule has 7 heteroatoms. The topological polar surface area (TPSA) is 84.7 Å². The Bertz CT molecular complexity index is 942. The Hall–Kier alpha value is -3.09. The summed E-state index contributed by atoms with van der Waals surface area (Å²) in [7, 11) is 0. The Morgan fingerprint density at radius 3 is 2.81 bits per heavy atom. The highest BCUT2D eigenvalue weighted by atomic mass is 16.6. The van der Waals surface area contributed by atoms with Gasteiger partial charge in [0.1, 0.15) is 5.75 Å². The number of carbonyl (C=O) groups is 1. The number of anilines is 1. The van der Waals surface area contributed by atoms with Gasteiger partial charge >= 0.3 is 6.03 Å². The summed E-state index contributed by atoms with van der Waals surface area (Å²) in [6, 6.07) is 9.74. The number of nitro groups is 1. The molecule has 2 aliphatic rings. The van der Waals surface area contributed by atoms with Crippen LogP contribution in [-0.2, 0) is 0 Å². The molecular weight excluding hydrogens is 334 g/mol. The predicted octanol–water partition coefficient (Wildman–Crippen LogP) is 3.98. The Kier molecular flexibility index (Phi) is 3.44. The average Bonchev–Trinajstić information content (AvgIpc) is 2.57. The molecule has 0 spiro atoms. The lowest BCUT2D eigenvalue weighted by Crippen LogP contribution is -2.65. The van der Waals surface area contributed by atoms with E-state index in [1.54, 1.807) is 11.0 Å². The number of nitrogens with one attached hydrogen (secondary N) is 1. The van der Waals surface area contributed by atoms with Crippen LogP contribution in [-0.4, -0.2) is 16.7 Å². The van der Waals surface area contributed by atoms with Gasteiger partial charge in [0.25, 0.3) is 5.69 Å². The molecule has 0 aliphatic carbocycles. The van der Waals surface area contributed by atoms with Crippen molar-refractivity contribution in [2.24, 2.45) is 0 Å². The highest BCUT2D eigenvalue weighted by Gasteiger charge is 2.50. The summed E-state index contributed by atoms with van der Waals surface area (Å²) in [6.07, 6.45) is 0.500. The van der Waals surface area contributed by atoms with Crippen LogP contribution in [0.4, 0.5) is 16.2 Å². The molecule has 1 saturated heterocycles. The van der Waals surface area contributed by atoms with E-state index in [2.05, 4.69) is 5.32 Å². The van der Waals surface area contributed by atoms with E-state index in [1.165, 1.54) is 12.1 Å². The van der Waals surface area contributed by atoms with Gasteiger partial charge < -0.3 is 10.1 Å². The smallest absolute Gasteiger partial charge is 0.325 e. The van der Waals surface area contributed by atoms with Gasteiger partial charge in [-0.3, -0.25) is 15.0 Å². The number of aryl methyl sites for hydroxylation is 1. The lowest BCUT2D eigenvalue weighted by Gasteiger charge is -2.50. The molecule has 2 aromatic carbocycles. The monoisotopic (exact) mass is 353 g/mol. The molecule has 134 valence electrons. The van der Waals surface area contributed by atoms with Gasteiger partial charge in [0.05, 0.1) is 16.7 Å². The van der Waals surface area contributed by atoms with Crippen molar-refractivity contribution in [1.82, 2.24) is 5.32 Å². The van der Waals surface area contributed by atoms with Crippen LogP contribution in [0.1, 0.15) is 36.1 Å². The van der Waals surface area contributed by atoms with Gasteiger partial charge in [-0.1, -0.05) is 12.1 Å². The second kappa shape index (κ2) is 5.45. The number of amides is 2. The third-order valence-electron chi connectivity index (χ3n) is 5.28. The van der Waals surface area contributed by atoms with Gasteiger partial charge in [0.15, 0.2) is 5.72 Å². The largest absolute Gasteiger partial charge is 0.467 e. The molecule has 1 fully saturated rings. The van der Waals surface area contributed by atoms with Crippen molar-refractivity contribution in [2.75, 3.05) is 4.90 Å². The summed E-state index contributed by atoms with van der Waals surface area (Å²) in [6.45, 7) is 5.86. The molecule has 0 aromatic heterocycles. The quantitative estimate of drug-likeness (QED) is 0.654. The maximum atomic E-state index is 12.9. The molecule has 1 N–H and O–H groups in total. The Morgan fingerprint density at radius 1 is 1.31 bits per heavy atom. The number of nitrogens with zero attached hydrogens (tertiary/aromatic N) is 2. The van der Waals surface area contributed by atoms with Crippen LogP contribution in [0.3, 0.4) is 0 Å². The van der Waals surface area contributed by atoms with E-state index in [0.29, 0.717) is 17.7 Å². The third-order valence-corrected chi connectivity index (χ3v) is 5.28. The van der Waals surface area contributed by atoms with Crippen molar-refractivity contribution in [1.29, 1.82) is 0 Å².